The molecule has 2 nitrogen and oxygen atoms in total. The van der Waals surface area contributed by atoms with E-state index in [4.69, 9.17) is 0 Å². The summed E-state index contributed by atoms with van der Waals surface area (Å²) in [6.07, 6.45) is -0.0471. The highest BCUT2D eigenvalue weighted by Gasteiger charge is 2.18. The summed E-state index contributed by atoms with van der Waals surface area (Å²) in [6, 6.07) is 0. The molecule has 2 N–H and O–H groups in total. The normalized spacial score (nSPS) is 16.4. The first-order chi connectivity index (χ1) is 2.56. The molecule has 0 saturated heterocycles. The molecule has 0 aliphatic carbocycles. The van der Waals surface area contributed by atoms with Gasteiger partial charge in [0.05, 0.1) is 0 Å². The topological polar surface area (TPSA) is 48.6 Å². The van der Waals surface area contributed by atoms with Gasteiger partial charge in [-0.15, -0.1) is 0 Å². The molecule has 0 radical (unpaired) electrons. The lowest BCUT2D eigenvalue weighted by Crippen LogP contribution is -2.01. The molecule has 0 fully saturated rings. The minimum atomic E-state index is -2.35. The Bertz CT molecular complexity index is 61.2. The molecule has 0 aromatic carbocycles. The van der Waals surface area contributed by atoms with E-state index in [9.17, 15) is 9.18 Å². The molecule has 0 aromatic heterocycles. The lowest BCUT2D eigenvalue weighted by molar-refractivity contribution is -0.110. The van der Waals surface area contributed by atoms with Crippen molar-refractivity contribution in [2.45, 2.75) is 4.04 Å². The molecule has 0 bridgehead atoms. The predicted molar refractivity (Wildman–Crippen MR) is 28.3 cm³/mol. The smallest absolute Gasteiger partial charge is 0.292 e. The summed E-state index contributed by atoms with van der Waals surface area (Å²) in [7, 11) is 0. The fraction of sp³-hybridized carbons (Fsp3) is 0.500. The van der Waals surface area contributed by atoms with E-state index in [0.29, 0.717) is 0 Å². The fourth-order valence-corrected chi connectivity index (χ4v) is 0. The van der Waals surface area contributed by atoms with Crippen molar-refractivity contribution in [2.75, 3.05) is 0 Å². The van der Waals surface area contributed by atoms with Crippen molar-refractivity contribution in [1.82, 2.24) is 0 Å². The zero-order valence-electron chi connectivity index (χ0n) is 3.12. The zero-order chi connectivity index (χ0) is 5.21. The summed E-state index contributed by atoms with van der Waals surface area (Å²) < 4.78 is 9.08. The Kier molecular flexibility index (Phi) is 4.94. The molecular formula is C2H3BrClFO2. The third kappa shape index (κ3) is 10.7. The summed E-state index contributed by atoms with van der Waals surface area (Å²) in [6.45, 7) is 0. The third-order valence-corrected chi connectivity index (χ3v) is 0.410. The number of hydrogen-bond donors (Lipinski definition) is 0. The molecule has 5 heteroatoms. The van der Waals surface area contributed by atoms with E-state index < -0.39 is 4.04 Å². The maximum atomic E-state index is 11.4. The molecule has 0 amide bonds. The highest BCUT2D eigenvalue weighted by molar-refractivity contribution is 9.10. The molecule has 44 valence electrons. The van der Waals surface area contributed by atoms with Crippen molar-refractivity contribution >= 4 is 33.8 Å². The Morgan fingerprint density at radius 2 is 2.00 bits per heavy atom. The summed E-state index contributed by atoms with van der Waals surface area (Å²) in [5, 5.41) is 0. The van der Waals surface area contributed by atoms with Gasteiger partial charge in [0.15, 0.2) is 6.29 Å². The Labute approximate surface area is 53.1 Å². The highest BCUT2D eigenvalue weighted by atomic mass is 79.9. The molecule has 1 unspecified atom stereocenters. The number of hydrogen-bond acceptors (Lipinski definition) is 1. The van der Waals surface area contributed by atoms with Gasteiger partial charge in [0, 0.05) is 0 Å². The van der Waals surface area contributed by atoms with Crippen molar-refractivity contribution in [3.8, 4) is 0 Å². The van der Waals surface area contributed by atoms with Crippen molar-refractivity contribution < 1.29 is 14.7 Å². The summed E-state index contributed by atoms with van der Waals surface area (Å²) in [5.41, 5.74) is 0. The standard InChI is InChI=1S/C2HBrClFO.H2O/c3-2(4,5)1-6;/h1H;1H2. The quantitative estimate of drug-likeness (QED) is 0.445. The second-order valence-corrected chi connectivity index (χ2v) is 2.82. The second-order valence-electron chi connectivity index (χ2n) is 0.659. The van der Waals surface area contributed by atoms with Crippen LogP contribution in [0.3, 0.4) is 0 Å². The van der Waals surface area contributed by atoms with E-state index in [-0.39, 0.29) is 11.8 Å². The van der Waals surface area contributed by atoms with Crippen LogP contribution in [0.5, 0.6) is 0 Å². The van der Waals surface area contributed by atoms with E-state index >= 15 is 0 Å². The van der Waals surface area contributed by atoms with Crippen LogP contribution in [-0.4, -0.2) is 15.8 Å². The highest BCUT2D eigenvalue weighted by Crippen LogP contribution is 2.20. The molecule has 0 rings (SSSR count). The summed E-state index contributed by atoms with van der Waals surface area (Å²) in [5.74, 6) is 0. The zero-order valence-corrected chi connectivity index (χ0v) is 5.46. The van der Waals surface area contributed by atoms with E-state index in [1.807, 2.05) is 0 Å². The molecule has 0 aliphatic rings. The van der Waals surface area contributed by atoms with Gasteiger partial charge in [-0.05, 0) is 15.9 Å². The van der Waals surface area contributed by atoms with Gasteiger partial charge in [0.2, 0.25) is 0 Å². The van der Waals surface area contributed by atoms with Gasteiger partial charge < -0.3 is 5.48 Å². The Morgan fingerprint density at radius 3 is 2.00 bits per heavy atom. The van der Waals surface area contributed by atoms with Gasteiger partial charge in [0.25, 0.3) is 4.04 Å². The number of rotatable bonds is 1. The Hall–Kier alpha value is 0.330. The first kappa shape index (κ1) is 10.3. The molecule has 0 aliphatic heterocycles. The first-order valence-corrected chi connectivity index (χ1v) is 2.26. The fourth-order valence-electron chi connectivity index (χ4n) is 0. The predicted octanol–water partition coefficient (Wildman–Crippen LogP) is 0.618. The number of aldehydes is 1. The van der Waals surface area contributed by atoms with E-state index in [2.05, 4.69) is 27.5 Å². The van der Waals surface area contributed by atoms with Crippen LogP contribution in [0.1, 0.15) is 0 Å². The molecule has 0 spiro atoms. The van der Waals surface area contributed by atoms with Gasteiger partial charge in [-0.3, -0.25) is 4.79 Å². The van der Waals surface area contributed by atoms with Crippen molar-refractivity contribution in [1.29, 1.82) is 0 Å². The number of halogens is 3. The molecule has 0 saturated carbocycles. The van der Waals surface area contributed by atoms with E-state index in [0.717, 1.165) is 0 Å². The maximum absolute atomic E-state index is 11.4. The Balaban J connectivity index is 0. The van der Waals surface area contributed by atoms with E-state index in [1.54, 1.807) is 0 Å². The van der Waals surface area contributed by atoms with Crippen LogP contribution in [0, 0.1) is 0 Å². The number of alkyl halides is 3. The molecule has 1 atom stereocenters. The average Bonchev–Trinajstić information content (AvgIpc) is 1.35. The van der Waals surface area contributed by atoms with Gasteiger partial charge in [-0.2, -0.15) is 0 Å². The second kappa shape index (κ2) is 3.35. The number of carbonyl (C=O) groups excluding carboxylic acids is 1. The summed E-state index contributed by atoms with van der Waals surface area (Å²) in [4.78, 5) is 9.27. The SMILES string of the molecule is O.O=CC(F)(Cl)Br. The van der Waals surface area contributed by atoms with Gasteiger partial charge in [-0.25, -0.2) is 4.39 Å². The van der Waals surface area contributed by atoms with Crippen LogP contribution >= 0.6 is 27.5 Å². The molecule has 0 aromatic rings. The van der Waals surface area contributed by atoms with Crippen LogP contribution < -0.4 is 0 Å². The minimum Gasteiger partial charge on any atom is -0.412 e. The van der Waals surface area contributed by atoms with Crippen LogP contribution in [0.25, 0.3) is 0 Å². The number of carbonyl (C=O) groups is 1. The van der Waals surface area contributed by atoms with Crippen LogP contribution in [0.4, 0.5) is 4.39 Å². The minimum absolute atomic E-state index is 0. The third-order valence-electron chi connectivity index (χ3n) is 0.134. The lowest BCUT2D eigenvalue weighted by Gasteiger charge is -1.92. The monoisotopic (exact) mass is 192 g/mol. The lowest BCUT2D eigenvalue weighted by atomic mass is 10.9. The van der Waals surface area contributed by atoms with Gasteiger partial charge in [0.1, 0.15) is 0 Å². The van der Waals surface area contributed by atoms with Crippen molar-refractivity contribution in [2.24, 2.45) is 0 Å². The molecule has 0 heterocycles. The molecular weight excluding hydrogens is 190 g/mol. The van der Waals surface area contributed by atoms with Crippen molar-refractivity contribution in [3.05, 3.63) is 0 Å². The Morgan fingerprint density at radius 1 is 1.86 bits per heavy atom. The van der Waals surface area contributed by atoms with Crippen LogP contribution in [0.15, 0.2) is 0 Å². The van der Waals surface area contributed by atoms with Gasteiger partial charge >= 0.3 is 0 Å². The first-order valence-electron chi connectivity index (χ1n) is 1.09. The maximum Gasteiger partial charge on any atom is 0.292 e. The van der Waals surface area contributed by atoms with Crippen LogP contribution in [0.2, 0.25) is 0 Å². The van der Waals surface area contributed by atoms with Gasteiger partial charge in [-0.1, -0.05) is 11.6 Å². The van der Waals surface area contributed by atoms with Crippen molar-refractivity contribution in [3.63, 3.8) is 0 Å². The average molecular weight is 193 g/mol. The molecule has 7 heavy (non-hydrogen) atoms. The van der Waals surface area contributed by atoms with Crippen LogP contribution in [-0.2, 0) is 4.79 Å². The summed E-state index contributed by atoms with van der Waals surface area (Å²) >= 11 is 6.81. The van der Waals surface area contributed by atoms with E-state index in [1.165, 1.54) is 0 Å². The largest absolute Gasteiger partial charge is 0.412 e.